The average molecular weight is 329 g/mol. The standard InChI is InChI=1S/C18H24FN5/c1-12-14(19)5-4-6-15(12)21-17-11-16(13-7-8-13)22-18(23-17)20-9-10-24(2)3/h4-6,11,13H,7-10H2,1-3H3,(H2,20,21,22,23). The van der Waals surface area contributed by atoms with Crippen molar-refractivity contribution < 1.29 is 4.39 Å². The molecule has 0 amide bonds. The van der Waals surface area contributed by atoms with Gasteiger partial charge in [-0.05, 0) is 46.0 Å². The first-order chi connectivity index (χ1) is 11.5. The molecule has 0 saturated heterocycles. The van der Waals surface area contributed by atoms with Crippen molar-refractivity contribution in [1.82, 2.24) is 14.9 Å². The Kier molecular flexibility index (Phi) is 4.94. The first-order valence-corrected chi connectivity index (χ1v) is 8.32. The number of rotatable bonds is 7. The number of benzene rings is 1. The molecule has 0 bridgehead atoms. The minimum atomic E-state index is -0.221. The summed E-state index contributed by atoms with van der Waals surface area (Å²) in [5, 5.41) is 6.51. The zero-order valence-corrected chi connectivity index (χ0v) is 14.4. The molecule has 0 atom stereocenters. The second-order valence-corrected chi connectivity index (χ2v) is 6.54. The van der Waals surface area contributed by atoms with Crippen molar-refractivity contribution in [3.63, 3.8) is 0 Å². The maximum Gasteiger partial charge on any atom is 0.224 e. The fourth-order valence-corrected chi connectivity index (χ4v) is 2.47. The molecule has 128 valence electrons. The molecule has 3 rings (SSSR count). The van der Waals surface area contributed by atoms with E-state index < -0.39 is 0 Å². The smallest absolute Gasteiger partial charge is 0.224 e. The van der Waals surface area contributed by atoms with Crippen molar-refractivity contribution in [2.24, 2.45) is 0 Å². The Morgan fingerprint density at radius 1 is 1.25 bits per heavy atom. The van der Waals surface area contributed by atoms with Crippen LogP contribution in [-0.2, 0) is 0 Å². The number of halogens is 1. The molecule has 1 aromatic carbocycles. The topological polar surface area (TPSA) is 53.1 Å². The average Bonchev–Trinajstić information content (AvgIpc) is 3.36. The lowest BCUT2D eigenvalue weighted by molar-refractivity contribution is 0.425. The minimum absolute atomic E-state index is 0.221. The first kappa shape index (κ1) is 16.6. The van der Waals surface area contributed by atoms with Gasteiger partial charge in [-0.3, -0.25) is 0 Å². The van der Waals surface area contributed by atoms with E-state index in [1.165, 1.54) is 18.9 Å². The minimum Gasteiger partial charge on any atom is -0.353 e. The number of nitrogens with zero attached hydrogens (tertiary/aromatic N) is 3. The van der Waals surface area contributed by atoms with Crippen molar-refractivity contribution in [3.8, 4) is 0 Å². The summed E-state index contributed by atoms with van der Waals surface area (Å²) in [6.45, 7) is 3.44. The fraction of sp³-hybridized carbons (Fsp3) is 0.444. The van der Waals surface area contributed by atoms with Crippen molar-refractivity contribution in [3.05, 3.63) is 41.3 Å². The highest BCUT2D eigenvalue weighted by molar-refractivity contribution is 5.61. The Labute approximate surface area is 142 Å². The molecule has 2 N–H and O–H groups in total. The summed E-state index contributed by atoms with van der Waals surface area (Å²) in [5.74, 6) is 1.63. The Hall–Kier alpha value is -2.21. The molecular formula is C18H24FN5. The maximum absolute atomic E-state index is 13.7. The van der Waals surface area contributed by atoms with E-state index in [1.807, 2.05) is 26.2 Å². The highest BCUT2D eigenvalue weighted by Crippen LogP contribution is 2.40. The lowest BCUT2D eigenvalue weighted by Crippen LogP contribution is -2.21. The van der Waals surface area contributed by atoms with Gasteiger partial charge in [0.1, 0.15) is 11.6 Å². The molecule has 6 heteroatoms. The Balaban J connectivity index is 1.80. The zero-order chi connectivity index (χ0) is 17.1. The van der Waals surface area contributed by atoms with Gasteiger partial charge < -0.3 is 15.5 Å². The van der Waals surface area contributed by atoms with Gasteiger partial charge in [0.05, 0.1) is 5.69 Å². The summed E-state index contributed by atoms with van der Waals surface area (Å²) in [4.78, 5) is 11.3. The molecule has 1 aliphatic rings. The predicted octanol–water partition coefficient (Wildman–Crippen LogP) is 3.52. The Morgan fingerprint density at radius 2 is 2.04 bits per heavy atom. The molecule has 1 aliphatic carbocycles. The molecule has 0 spiro atoms. The highest BCUT2D eigenvalue weighted by atomic mass is 19.1. The normalized spacial score (nSPS) is 14.0. The van der Waals surface area contributed by atoms with E-state index in [2.05, 4.69) is 25.5 Å². The number of likely N-dealkylation sites (N-methyl/N-ethyl adjacent to an activating group) is 1. The third-order valence-electron chi connectivity index (χ3n) is 4.11. The summed E-state index contributed by atoms with van der Waals surface area (Å²) in [6, 6.07) is 6.99. The number of nitrogens with one attached hydrogen (secondary N) is 2. The van der Waals surface area contributed by atoms with E-state index in [9.17, 15) is 4.39 Å². The van der Waals surface area contributed by atoms with Crippen LogP contribution in [0.4, 0.5) is 21.8 Å². The van der Waals surface area contributed by atoms with Gasteiger partial charge >= 0.3 is 0 Å². The van der Waals surface area contributed by atoms with Crippen molar-refractivity contribution in [2.75, 3.05) is 37.8 Å². The fourth-order valence-electron chi connectivity index (χ4n) is 2.47. The molecule has 2 aromatic rings. The Morgan fingerprint density at radius 3 is 2.75 bits per heavy atom. The summed E-state index contributed by atoms with van der Waals surface area (Å²) in [6.07, 6.45) is 2.35. The van der Waals surface area contributed by atoms with Crippen molar-refractivity contribution >= 4 is 17.5 Å². The molecule has 5 nitrogen and oxygen atoms in total. The molecular weight excluding hydrogens is 305 g/mol. The van der Waals surface area contributed by atoms with Crippen LogP contribution in [0.15, 0.2) is 24.3 Å². The third-order valence-corrected chi connectivity index (χ3v) is 4.11. The van der Waals surface area contributed by atoms with Crippen molar-refractivity contribution in [1.29, 1.82) is 0 Å². The Bertz CT molecular complexity index is 713. The van der Waals surface area contributed by atoms with Gasteiger partial charge in [-0.25, -0.2) is 9.37 Å². The molecule has 1 aromatic heterocycles. The van der Waals surface area contributed by atoms with Gasteiger partial charge in [-0.1, -0.05) is 6.07 Å². The van der Waals surface area contributed by atoms with Crippen LogP contribution in [0.1, 0.15) is 30.0 Å². The van der Waals surface area contributed by atoms with Crippen LogP contribution in [0.2, 0.25) is 0 Å². The van der Waals surface area contributed by atoms with E-state index in [-0.39, 0.29) is 5.82 Å². The molecule has 0 aliphatic heterocycles. The number of hydrogen-bond donors (Lipinski definition) is 2. The summed E-state index contributed by atoms with van der Waals surface area (Å²) >= 11 is 0. The van der Waals surface area contributed by atoms with Gasteiger partial charge in [-0.2, -0.15) is 4.98 Å². The van der Waals surface area contributed by atoms with E-state index in [0.717, 1.165) is 24.5 Å². The monoisotopic (exact) mass is 329 g/mol. The van der Waals surface area contributed by atoms with Crippen LogP contribution in [0.3, 0.4) is 0 Å². The molecule has 0 unspecified atom stereocenters. The lowest BCUT2D eigenvalue weighted by Gasteiger charge is -2.14. The van der Waals surface area contributed by atoms with Crippen LogP contribution < -0.4 is 10.6 Å². The highest BCUT2D eigenvalue weighted by Gasteiger charge is 2.26. The predicted molar refractivity (Wildman–Crippen MR) is 95.5 cm³/mol. The third kappa shape index (κ3) is 4.20. The SMILES string of the molecule is Cc1c(F)cccc1Nc1cc(C2CC2)nc(NCCN(C)C)n1. The van der Waals surface area contributed by atoms with Gasteiger partial charge in [0.15, 0.2) is 0 Å². The largest absolute Gasteiger partial charge is 0.353 e. The second kappa shape index (κ2) is 7.13. The molecule has 24 heavy (non-hydrogen) atoms. The van der Waals surface area contributed by atoms with Crippen LogP contribution in [0.25, 0.3) is 0 Å². The first-order valence-electron chi connectivity index (χ1n) is 8.32. The second-order valence-electron chi connectivity index (χ2n) is 6.54. The molecule has 1 fully saturated rings. The van der Waals surface area contributed by atoms with Crippen LogP contribution in [-0.4, -0.2) is 42.1 Å². The number of hydrogen-bond acceptors (Lipinski definition) is 5. The van der Waals surface area contributed by atoms with Crippen LogP contribution >= 0.6 is 0 Å². The van der Waals surface area contributed by atoms with Gasteiger partial charge in [-0.15, -0.1) is 0 Å². The van der Waals surface area contributed by atoms with Gasteiger partial charge in [0.2, 0.25) is 5.95 Å². The molecule has 0 radical (unpaired) electrons. The van der Waals surface area contributed by atoms with Crippen molar-refractivity contribution in [2.45, 2.75) is 25.7 Å². The quantitative estimate of drug-likeness (QED) is 0.814. The van der Waals surface area contributed by atoms with Crippen LogP contribution in [0, 0.1) is 12.7 Å². The summed E-state index contributed by atoms with van der Waals surface area (Å²) in [5.41, 5.74) is 2.37. The number of anilines is 3. The van der Waals surface area contributed by atoms with E-state index in [4.69, 9.17) is 0 Å². The van der Waals surface area contributed by atoms with E-state index in [0.29, 0.717) is 23.2 Å². The van der Waals surface area contributed by atoms with E-state index >= 15 is 0 Å². The lowest BCUT2D eigenvalue weighted by atomic mass is 10.2. The summed E-state index contributed by atoms with van der Waals surface area (Å²) in [7, 11) is 4.06. The molecule has 1 heterocycles. The summed E-state index contributed by atoms with van der Waals surface area (Å²) < 4.78 is 13.7. The van der Waals surface area contributed by atoms with Gasteiger partial charge in [0.25, 0.3) is 0 Å². The van der Waals surface area contributed by atoms with Crippen LogP contribution in [0.5, 0.6) is 0 Å². The zero-order valence-electron chi connectivity index (χ0n) is 14.4. The van der Waals surface area contributed by atoms with Gasteiger partial charge in [0, 0.05) is 36.3 Å². The number of aromatic nitrogens is 2. The van der Waals surface area contributed by atoms with E-state index in [1.54, 1.807) is 13.0 Å². The molecule has 1 saturated carbocycles. The maximum atomic E-state index is 13.7.